The Bertz CT molecular complexity index is 522. The van der Waals surface area contributed by atoms with E-state index < -0.39 is 10.8 Å². The van der Waals surface area contributed by atoms with Crippen LogP contribution in [0.4, 0.5) is 11.4 Å². The lowest BCUT2D eigenvalue weighted by Gasteiger charge is -2.30. The maximum atomic E-state index is 11.2. The highest BCUT2D eigenvalue weighted by Gasteiger charge is 2.26. The van der Waals surface area contributed by atoms with E-state index in [2.05, 4.69) is 19.2 Å². The second kappa shape index (κ2) is 7.31. The van der Waals surface area contributed by atoms with Gasteiger partial charge in [-0.1, -0.05) is 13.8 Å². The van der Waals surface area contributed by atoms with Crippen molar-refractivity contribution in [2.24, 2.45) is 5.73 Å². The fraction of sp³-hybridized carbons (Fsp3) is 0.500. The molecule has 0 fully saturated rings. The first-order valence-corrected chi connectivity index (χ1v) is 7.99. The molecule has 0 aliphatic rings. The Hall–Kier alpha value is -1.76. The van der Waals surface area contributed by atoms with Gasteiger partial charge in [-0.3, -0.25) is 14.9 Å². The summed E-state index contributed by atoms with van der Waals surface area (Å²) in [5.41, 5.74) is 5.76. The number of rotatable bonds is 8. The molecule has 6 nitrogen and oxygen atoms in total. The summed E-state index contributed by atoms with van der Waals surface area (Å²) in [7, 11) is 0. The number of primary amides is 1. The highest BCUT2D eigenvalue weighted by molar-refractivity contribution is 8.00. The van der Waals surface area contributed by atoms with Gasteiger partial charge in [0.05, 0.1) is 4.92 Å². The average Bonchev–Trinajstić information content (AvgIpc) is 2.48. The third kappa shape index (κ3) is 4.10. The molecule has 0 aliphatic carbocycles. The number of nitro groups is 1. The molecule has 1 aromatic carbocycles. The molecule has 1 aromatic rings. The number of hydrogen-bond donors (Lipinski definition) is 2. The monoisotopic (exact) mass is 311 g/mol. The average molecular weight is 311 g/mol. The first kappa shape index (κ1) is 17.3. The van der Waals surface area contributed by atoms with Crippen molar-refractivity contribution in [2.75, 3.05) is 18.1 Å². The van der Waals surface area contributed by atoms with E-state index in [9.17, 15) is 14.9 Å². The number of carbonyl (C=O) groups excluding carboxylic acids is 1. The van der Waals surface area contributed by atoms with Crippen LogP contribution in [0.3, 0.4) is 0 Å². The summed E-state index contributed by atoms with van der Waals surface area (Å²) in [5, 5.41) is 14.2. The minimum Gasteiger partial charge on any atom is -0.378 e. The van der Waals surface area contributed by atoms with Crippen LogP contribution < -0.4 is 11.1 Å². The highest BCUT2D eigenvalue weighted by Crippen LogP contribution is 2.32. The Balaban J connectivity index is 3.07. The van der Waals surface area contributed by atoms with E-state index in [4.69, 9.17) is 5.73 Å². The van der Waals surface area contributed by atoms with Gasteiger partial charge in [-0.05, 0) is 31.2 Å². The molecule has 21 heavy (non-hydrogen) atoms. The number of thioether (sulfide) groups is 1. The van der Waals surface area contributed by atoms with Crippen molar-refractivity contribution in [1.82, 2.24) is 0 Å². The summed E-state index contributed by atoms with van der Waals surface area (Å²) >= 11 is 1.74. The molecule has 0 bridgehead atoms. The predicted octanol–water partition coefficient (Wildman–Crippen LogP) is 3.03. The maximum Gasteiger partial charge on any atom is 0.292 e. The van der Waals surface area contributed by atoms with Gasteiger partial charge in [-0.25, -0.2) is 0 Å². The van der Waals surface area contributed by atoms with Crippen molar-refractivity contribution < 1.29 is 9.72 Å². The third-order valence-corrected chi connectivity index (χ3v) is 5.39. The molecule has 3 N–H and O–H groups in total. The zero-order chi connectivity index (χ0) is 16.0. The van der Waals surface area contributed by atoms with Crippen LogP contribution >= 0.6 is 11.8 Å². The minimum atomic E-state index is -0.602. The number of nitrogens with two attached hydrogens (primary N) is 1. The second-order valence-corrected chi connectivity index (χ2v) is 6.08. The van der Waals surface area contributed by atoms with Gasteiger partial charge in [0.1, 0.15) is 5.69 Å². The maximum absolute atomic E-state index is 11.2. The number of amides is 1. The summed E-state index contributed by atoms with van der Waals surface area (Å²) in [5.74, 6) is -0.602. The van der Waals surface area contributed by atoms with Crippen molar-refractivity contribution in [3.63, 3.8) is 0 Å². The van der Waals surface area contributed by atoms with Crippen LogP contribution in [-0.2, 0) is 0 Å². The second-order valence-electron chi connectivity index (χ2n) is 4.80. The summed E-state index contributed by atoms with van der Waals surface area (Å²) in [6.45, 7) is 4.77. The number of nitrogens with one attached hydrogen (secondary N) is 1. The van der Waals surface area contributed by atoms with Crippen LogP contribution in [0.5, 0.6) is 0 Å². The van der Waals surface area contributed by atoms with Gasteiger partial charge < -0.3 is 11.1 Å². The number of carbonyl (C=O) groups is 1. The van der Waals surface area contributed by atoms with E-state index in [1.807, 2.05) is 6.26 Å². The summed E-state index contributed by atoms with van der Waals surface area (Å²) in [6.07, 6.45) is 3.92. The van der Waals surface area contributed by atoms with Gasteiger partial charge >= 0.3 is 0 Å². The first-order valence-electron chi connectivity index (χ1n) is 6.76. The fourth-order valence-corrected chi connectivity index (χ4v) is 2.90. The van der Waals surface area contributed by atoms with Gasteiger partial charge in [-0.2, -0.15) is 11.8 Å². The molecule has 0 unspecified atom stereocenters. The zero-order valence-corrected chi connectivity index (χ0v) is 13.3. The van der Waals surface area contributed by atoms with Crippen LogP contribution in [-0.4, -0.2) is 28.4 Å². The topological polar surface area (TPSA) is 98.3 Å². The standard InChI is InChI=1S/C14H21N3O3S/c1-4-14(5-2,21-3)9-16-11-8-10(13(15)18)6-7-12(11)17(19)20/h6-8,16H,4-5,9H2,1-3H3,(H2,15,18). The first-order chi connectivity index (χ1) is 9.89. The molecular weight excluding hydrogens is 290 g/mol. The van der Waals surface area contributed by atoms with Crippen LogP contribution in [0.1, 0.15) is 37.0 Å². The molecule has 0 heterocycles. The van der Waals surface area contributed by atoms with Gasteiger partial charge in [0, 0.05) is 22.9 Å². The number of nitro benzene ring substituents is 1. The number of anilines is 1. The molecule has 1 rings (SSSR count). The van der Waals surface area contributed by atoms with Crippen molar-refractivity contribution in [3.05, 3.63) is 33.9 Å². The van der Waals surface area contributed by atoms with E-state index >= 15 is 0 Å². The molecular formula is C14H21N3O3S. The van der Waals surface area contributed by atoms with Crippen LogP contribution in [0.15, 0.2) is 18.2 Å². The highest BCUT2D eigenvalue weighted by atomic mass is 32.2. The molecule has 116 valence electrons. The largest absolute Gasteiger partial charge is 0.378 e. The Morgan fingerprint density at radius 2 is 2.05 bits per heavy atom. The Morgan fingerprint density at radius 1 is 1.43 bits per heavy atom. The van der Waals surface area contributed by atoms with Crippen molar-refractivity contribution in [1.29, 1.82) is 0 Å². The summed E-state index contributed by atoms with van der Waals surface area (Å²) in [4.78, 5) is 21.8. The van der Waals surface area contributed by atoms with E-state index in [-0.39, 0.29) is 16.0 Å². The van der Waals surface area contributed by atoms with Gasteiger partial charge in [-0.15, -0.1) is 0 Å². The van der Waals surface area contributed by atoms with Crippen LogP contribution in [0.2, 0.25) is 0 Å². The third-order valence-electron chi connectivity index (χ3n) is 3.80. The van der Waals surface area contributed by atoms with E-state index in [0.29, 0.717) is 12.2 Å². The smallest absolute Gasteiger partial charge is 0.292 e. The molecule has 0 aliphatic heterocycles. The lowest BCUT2D eigenvalue weighted by Crippen LogP contribution is -2.32. The molecule has 0 saturated heterocycles. The van der Waals surface area contributed by atoms with Crippen molar-refractivity contribution >= 4 is 29.0 Å². The Labute approximate surface area is 128 Å². The Morgan fingerprint density at radius 3 is 2.48 bits per heavy atom. The quantitative estimate of drug-likeness (QED) is 0.568. The molecule has 0 atom stereocenters. The SMILES string of the molecule is CCC(CC)(CNc1cc(C(N)=O)ccc1[N+](=O)[O-])SC. The van der Waals surface area contributed by atoms with Gasteiger partial charge in [0.25, 0.3) is 5.69 Å². The van der Waals surface area contributed by atoms with Crippen LogP contribution in [0, 0.1) is 10.1 Å². The van der Waals surface area contributed by atoms with E-state index in [1.165, 1.54) is 18.2 Å². The molecule has 1 amide bonds. The summed E-state index contributed by atoms with van der Waals surface area (Å²) < 4.78 is 0.0105. The van der Waals surface area contributed by atoms with Gasteiger partial charge in [0.15, 0.2) is 0 Å². The molecule has 0 saturated carbocycles. The van der Waals surface area contributed by atoms with Crippen LogP contribution in [0.25, 0.3) is 0 Å². The molecule has 0 aromatic heterocycles. The van der Waals surface area contributed by atoms with Crippen molar-refractivity contribution in [3.8, 4) is 0 Å². The van der Waals surface area contributed by atoms with E-state index in [0.717, 1.165) is 12.8 Å². The lowest BCUT2D eigenvalue weighted by molar-refractivity contribution is -0.384. The zero-order valence-electron chi connectivity index (χ0n) is 12.5. The molecule has 7 heteroatoms. The van der Waals surface area contributed by atoms with Crippen molar-refractivity contribution in [2.45, 2.75) is 31.4 Å². The number of hydrogen-bond acceptors (Lipinski definition) is 5. The van der Waals surface area contributed by atoms with E-state index in [1.54, 1.807) is 11.8 Å². The number of benzene rings is 1. The predicted molar refractivity (Wildman–Crippen MR) is 86.9 cm³/mol. The fourth-order valence-electron chi connectivity index (χ4n) is 2.11. The summed E-state index contributed by atoms with van der Waals surface area (Å²) in [6, 6.07) is 4.12. The number of nitrogens with zero attached hydrogens (tertiary/aromatic N) is 1. The molecule has 0 spiro atoms. The Kier molecular flexibility index (Phi) is 6.02. The lowest BCUT2D eigenvalue weighted by atomic mass is 10.0. The molecule has 0 radical (unpaired) electrons. The minimum absolute atomic E-state index is 0.0105. The van der Waals surface area contributed by atoms with Gasteiger partial charge in [0.2, 0.25) is 5.91 Å². The normalized spacial score (nSPS) is 11.2.